The highest BCUT2D eigenvalue weighted by atomic mass is 16.6. The molecule has 0 radical (unpaired) electrons. The van der Waals surface area contributed by atoms with Gasteiger partial charge in [-0.1, -0.05) is 55.0 Å². The standard InChI is InChI=1S/C14H8O2.C9H16O2/c15-13-9-5-1-2-6-10(9)14(16)12-8-4-3-7-11(12)13;1-8(10)11-9(2)6-4-3-5-7-9/h1-8H;3-7H2,1-2H3. The van der Waals surface area contributed by atoms with Crippen molar-refractivity contribution in [3.8, 4) is 0 Å². The number of ketones is 2. The third-order valence-corrected chi connectivity index (χ3v) is 5.13. The normalized spacial score (nSPS) is 17.1. The van der Waals surface area contributed by atoms with E-state index in [9.17, 15) is 14.4 Å². The maximum atomic E-state index is 12.1. The number of rotatable bonds is 1. The van der Waals surface area contributed by atoms with Crippen molar-refractivity contribution < 1.29 is 19.1 Å². The monoisotopic (exact) mass is 364 g/mol. The van der Waals surface area contributed by atoms with Crippen molar-refractivity contribution in [2.24, 2.45) is 0 Å². The molecular formula is C23H24O4. The maximum Gasteiger partial charge on any atom is 0.303 e. The second-order valence-electron chi connectivity index (χ2n) is 7.35. The van der Waals surface area contributed by atoms with Crippen molar-refractivity contribution in [3.63, 3.8) is 0 Å². The van der Waals surface area contributed by atoms with Crippen LogP contribution in [0.5, 0.6) is 0 Å². The second kappa shape index (κ2) is 7.87. The zero-order chi connectivity index (χ0) is 19.4. The molecule has 4 heteroatoms. The first-order valence-electron chi connectivity index (χ1n) is 9.38. The highest BCUT2D eigenvalue weighted by molar-refractivity contribution is 6.28. The molecule has 0 bridgehead atoms. The summed E-state index contributed by atoms with van der Waals surface area (Å²) in [5.41, 5.74) is 1.87. The summed E-state index contributed by atoms with van der Waals surface area (Å²) in [4.78, 5) is 34.9. The topological polar surface area (TPSA) is 60.4 Å². The van der Waals surface area contributed by atoms with E-state index in [0.717, 1.165) is 12.8 Å². The van der Waals surface area contributed by atoms with Gasteiger partial charge in [0.1, 0.15) is 5.60 Å². The molecule has 0 aliphatic heterocycles. The zero-order valence-corrected chi connectivity index (χ0v) is 15.8. The smallest absolute Gasteiger partial charge is 0.303 e. The van der Waals surface area contributed by atoms with Gasteiger partial charge in [-0.3, -0.25) is 14.4 Å². The number of hydrogen-bond donors (Lipinski definition) is 0. The Hall–Kier alpha value is -2.75. The summed E-state index contributed by atoms with van der Waals surface area (Å²) in [5, 5.41) is 0. The maximum absolute atomic E-state index is 12.1. The molecule has 0 amide bonds. The highest BCUT2D eigenvalue weighted by Crippen LogP contribution is 2.31. The van der Waals surface area contributed by atoms with Gasteiger partial charge in [-0.15, -0.1) is 0 Å². The lowest BCUT2D eigenvalue weighted by Crippen LogP contribution is -2.32. The number of benzene rings is 2. The summed E-state index contributed by atoms with van der Waals surface area (Å²) in [7, 11) is 0. The third kappa shape index (κ3) is 4.16. The van der Waals surface area contributed by atoms with Crippen LogP contribution in [0, 0.1) is 0 Å². The van der Waals surface area contributed by atoms with Crippen molar-refractivity contribution >= 4 is 17.5 Å². The van der Waals surface area contributed by atoms with Crippen molar-refractivity contribution in [2.45, 2.75) is 51.6 Å². The Balaban J connectivity index is 0.000000168. The minimum absolute atomic E-state index is 0.0641. The molecule has 2 aromatic carbocycles. The molecule has 4 rings (SSSR count). The van der Waals surface area contributed by atoms with Crippen LogP contribution < -0.4 is 0 Å². The van der Waals surface area contributed by atoms with Crippen LogP contribution in [0.4, 0.5) is 0 Å². The van der Waals surface area contributed by atoms with Crippen molar-refractivity contribution in [1.82, 2.24) is 0 Å². The summed E-state index contributed by atoms with van der Waals surface area (Å²) in [6.45, 7) is 3.52. The lowest BCUT2D eigenvalue weighted by molar-refractivity contribution is -0.158. The van der Waals surface area contributed by atoms with E-state index in [1.165, 1.54) is 26.2 Å². The number of ether oxygens (including phenoxy) is 1. The summed E-state index contributed by atoms with van der Waals surface area (Å²) in [6, 6.07) is 13.9. The summed E-state index contributed by atoms with van der Waals surface area (Å²) in [6.07, 6.45) is 5.75. The Bertz CT molecular complexity index is 770. The van der Waals surface area contributed by atoms with Crippen LogP contribution in [0.25, 0.3) is 0 Å². The van der Waals surface area contributed by atoms with E-state index in [-0.39, 0.29) is 23.1 Å². The number of carbonyl (C=O) groups excluding carboxylic acids is 3. The highest BCUT2D eigenvalue weighted by Gasteiger charge is 2.29. The fraction of sp³-hybridized carbons (Fsp3) is 0.348. The van der Waals surface area contributed by atoms with E-state index in [1.807, 2.05) is 6.92 Å². The van der Waals surface area contributed by atoms with Crippen molar-refractivity contribution in [1.29, 1.82) is 0 Å². The molecule has 140 valence electrons. The molecular weight excluding hydrogens is 340 g/mol. The minimum Gasteiger partial charge on any atom is -0.460 e. The van der Waals surface area contributed by atoms with Gasteiger partial charge in [-0.2, -0.15) is 0 Å². The van der Waals surface area contributed by atoms with Gasteiger partial charge in [0.2, 0.25) is 0 Å². The van der Waals surface area contributed by atoms with E-state index in [2.05, 4.69) is 0 Å². The third-order valence-electron chi connectivity index (χ3n) is 5.13. The molecule has 0 unspecified atom stereocenters. The van der Waals surface area contributed by atoms with Crippen LogP contribution in [0.3, 0.4) is 0 Å². The quantitative estimate of drug-likeness (QED) is 0.586. The van der Waals surface area contributed by atoms with Crippen LogP contribution in [-0.4, -0.2) is 23.1 Å². The molecule has 1 fully saturated rings. The molecule has 0 aromatic heterocycles. The molecule has 2 aliphatic rings. The van der Waals surface area contributed by atoms with E-state index in [1.54, 1.807) is 48.5 Å². The zero-order valence-electron chi connectivity index (χ0n) is 15.8. The number of carbonyl (C=O) groups is 3. The molecule has 0 N–H and O–H groups in total. The Morgan fingerprint density at radius 3 is 1.48 bits per heavy atom. The summed E-state index contributed by atoms with van der Waals surface area (Å²) >= 11 is 0. The first-order valence-corrected chi connectivity index (χ1v) is 9.38. The first kappa shape index (κ1) is 19.0. The summed E-state index contributed by atoms with van der Waals surface area (Å²) < 4.78 is 5.24. The van der Waals surface area contributed by atoms with Gasteiger partial charge in [-0.25, -0.2) is 0 Å². The van der Waals surface area contributed by atoms with Gasteiger partial charge >= 0.3 is 5.97 Å². The number of hydrogen-bond acceptors (Lipinski definition) is 4. The van der Waals surface area contributed by atoms with Gasteiger partial charge in [0.25, 0.3) is 0 Å². The van der Waals surface area contributed by atoms with Gasteiger partial charge in [0, 0.05) is 29.2 Å². The molecule has 0 saturated heterocycles. The average Bonchev–Trinajstić information content (AvgIpc) is 2.66. The predicted molar refractivity (Wildman–Crippen MR) is 103 cm³/mol. The fourth-order valence-corrected chi connectivity index (χ4v) is 3.80. The Labute approximate surface area is 159 Å². The van der Waals surface area contributed by atoms with Crippen LogP contribution in [-0.2, 0) is 9.53 Å². The number of esters is 1. The van der Waals surface area contributed by atoms with E-state index >= 15 is 0 Å². The fourth-order valence-electron chi connectivity index (χ4n) is 3.80. The molecule has 0 spiro atoms. The largest absolute Gasteiger partial charge is 0.460 e. The molecule has 1 saturated carbocycles. The van der Waals surface area contributed by atoms with Gasteiger partial charge < -0.3 is 4.74 Å². The lowest BCUT2D eigenvalue weighted by Gasteiger charge is -2.32. The molecule has 0 atom stereocenters. The molecule has 2 aromatic rings. The van der Waals surface area contributed by atoms with E-state index in [4.69, 9.17) is 4.74 Å². The van der Waals surface area contributed by atoms with Crippen LogP contribution in [0.15, 0.2) is 48.5 Å². The van der Waals surface area contributed by atoms with Gasteiger partial charge in [0.05, 0.1) is 0 Å². The Morgan fingerprint density at radius 2 is 1.15 bits per heavy atom. The SMILES string of the molecule is CC(=O)OC1(C)CCCCC1.O=C1c2ccccc2C(=O)c2ccccc21. The van der Waals surface area contributed by atoms with E-state index < -0.39 is 0 Å². The summed E-state index contributed by atoms with van der Waals surface area (Å²) in [5.74, 6) is -0.272. The Kier molecular flexibility index (Phi) is 5.54. The van der Waals surface area contributed by atoms with Crippen LogP contribution in [0.1, 0.15) is 77.8 Å². The van der Waals surface area contributed by atoms with Crippen molar-refractivity contribution in [2.75, 3.05) is 0 Å². The second-order valence-corrected chi connectivity index (χ2v) is 7.35. The molecule has 4 nitrogen and oxygen atoms in total. The molecule has 0 heterocycles. The van der Waals surface area contributed by atoms with Gasteiger partial charge in [0.15, 0.2) is 11.6 Å². The van der Waals surface area contributed by atoms with E-state index in [0.29, 0.717) is 22.3 Å². The predicted octanol–water partition coefficient (Wildman–Crippen LogP) is 4.73. The lowest BCUT2D eigenvalue weighted by atomic mass is 9.84. The van der Waals surface area contributed by atoms with Crippen LogP contribution in [0.2, 0.25) is 0 Å². The first-order chi connectivity index (χ1) is 12.9. The van der Waals surface area contributed by atoms with Gasteiger partial charge in [-0.05, 0) is 32.6 Å². The molecule has 2 aliphatic carbocycles. The number of fused-ring (bicyclic) bond motifs is 2. The van der Waals surface area contributed by atoms with Crippen molar-refractivity contribution in [3.05, 3.63) is 70.8 Å². The Morgan fingerprint density at radius 1 is 0.778 bits per heavy atom. The van der Waals surface area contributed by atoms with Crippen LogP contribution >= 0.6 is 0 Å². The minimum atomic E-state index is -0.149. The average molecular weight is 364 g/mol. The molecule has 27 heavy (non-hydrogen) atoms.